The van der Waals surface area contributed by atoms with Gasteiger partial charge in [-0.15, -0.1) is 0 Å². The molecule has 0 amide bonds. The fourth-order valence-electron chi connectivity index (χ4n) is 5.05. The summed E-state index contributed by atoms with van der Waals surface area (Å²) in [7, 11) is -10.4. The molecular weight excluding hydrogens is 628 g/mol. The Balaban J connectivity index is 1.38. The molecule has 11 N–H and O–H groups in total. The molecule has 250 valence electrons. The summed E-state index contributed by atoms with van der Waals surface area (Å²) in [6, 6.07) is -0.807. The predicted molar refractivity (Wildman–Crippen MR) is 153 cm³/mol. The standard InChI is InChI=1S/C23H41N7O12P2/c1-2-3-4-5-6-7-8-25-23-29-16-20(24)27-12-28-21(16)30(23)22-19(34)18(33)15(41-22)11-40-44(37,38)42-43(35,36)39-10-13-17(32)14(31)9-26-13/h12-15,17-19,22,26,31-34H,2-11H2,1H3,(H,25,29)(H,35,36)(H,37,38)(H2,24,27,28)/p+1/t13-,14+,15-,17-,18-,19-,22-/m1/s1. The zero-order valence-corrected chi connectivity index (χ0v) is 25.9. The summed E-state index contributed by atoms with van der Waals surface area (Å²) in [5.74, 6) is 0.320. The Morgan fingerprint density at radius 1 is 1.02 bits per heavy atom. The largest absolute Gasteiger partial charge is 0.481 e. The Morgan fingerprint density at radius 2 is 1.70 bits per heavy atom. The van der Waals surface area contributed by atoms with Gasteiger partial charge in [0.1, 0.15) is 56.0 Å². The molecule has 9 atom stereocenters. The normalized spacial score (nSPS) is 30.0. The van der Waals surface area contributed by atoms with Crippen molar-refractivity contribution in [3.8, 4) is 0 Å². The first-order valence-electron chi connectivity index (χ1n) is 14.4. The van der Waals surface area contributed by atoms with Crippen molar-refractivity contribution in [2.75, 3.05) is 37.4 Å². The Bertz CT molecular complexity index is 1340. The van der Waals surface area contributed by atoms with Crippen LogP contribution in [0.1, 0.15) is 51.7 Å². The second-order valence-electron chi connectivity index (χ2n) is 10.8. The minimum Gasteiger partial charge on any atom is -0.387 e. The number of aliphatic hydroxyl groups excluding tert-OH is 4. The van der Waals surface area contributed by atoms with Crippen LogP contribution in [0, 0.1) is 0 Å². The number of aromatic nitrogens is 4. The summed E-state index contributed by atoms with van der Waals surface area (Å²) in [4.78, 5) is 32.5. The van der Waals surface area contributed by atoms with Gasteiger partial charge in [-0.05, 0) is 6.42 Å². The Hall–Kier alpha value is -1.83. The minimum absolute atomic E-state index is 0.0785. The van der Waals surface area contributed by atoms with Gasteiger partial charge in [-0.2, -0.15) is 4.31 Å². The zero-order chi connectivity index (χ0) is 32.1. The first-order valence-corrected chi connectivity index (χ1v) is 17.4. The molecule has 0 bridgehead atoms. The van der Waals surface area contributed by atoms with Gasteiger partial charge in [0.05, 0.1) is 6.61 Å². The maximum Gasteiger partial charge on any atom is 0.481 e. The van der Waals surface area contributed by atoms with Crippen molar-refractivity contribution in [1.29, 1.82) is 0 Å². The molecule has 4 rings (SSSR count). The van der Waals surface area contributed by atoms with E-state index < -0.39 is 71.6 Å². The van der Waals surface area contributed by atoms with Gasteiger partial charge in [-0.1, -0.05) is 39.0 Å². The van der Waals surface area contributed by atoms with Gasteiger partial charge in [0.2, 0.25) is 5.95 Å². The molecule has 0 aliphatic carbocycles. The monoisotopic (exact) mass is 670 g/mol. The van der Waals surface area contributed by atoms with E-state index in [0.29, 0.717) is 6.54 Å². The minimum atomic E-state index is -5.27. The van der Waals surface area contributed by atoms with Crippen LogP contribution in [-0.2, 0) is 27.2 Å². The predicted octanol–water partition coefficient (Wildman–Crippen LogP) is -1.28. The number of nitrogens with one attached hydrogen (secondary N) is 1. The first-order chi connectivity index (χ1) is 20.8. The third kappa shape index (κ3) is 8.70. The lowest BCUT2D eigenvalue weighted by Gasteiger charge is -2.20. The van der Waals surface area contributed by atoms with Gasteiger partial charge in [0, 0.05) is 6.54 Å². The molecule has 2 aromatic heterocycles. The molecule has 2 aliphatic rings. The van der Waals surface area contributed by atoms with Gasteiger partial charge in [-0.3, -0.25) is 13.6 Å². The van der Waals surface area contributed by atoms with E-state index in [0.717, 1.165) is 32.1 Å². The molecule has 44 heavy (non-hydrogen) atoms. The molecule has 2 unspecified atom stereocenters. The smallest absolute Gasteiger partial charge is 0.387 e. The van der Waals surface area contributed by atoms with Gasteiger partial charge in [0.15, 0.2) is 23.2 Å². The molecule has 2 saturated heterocycles. The number of imidazole rings is 1. The number of quaternary nitrogens is 1. The highest BCUT2D eigenvalue weighted by Gasteiger charge is 2.47. The average molecular weight is 671 g/mol. The van der Waals surface area contributed by atoms with Crippen LogP contribution in [0.25, 0.3) is 11.2 Å². The number of ether oxygens (including phenoxy) is 1. The lowest BCUT2D eigenvalue weighted by Crippen LogP contribution is -2.89. The number of nitrogens with two attached hydrogens (primary N) is 2. The topological polar surface area (TPSA) is 291 Å². The number of nitrogens with zero attached hydrogens (tertiary/aromatic N) is 4. The fraction of sp³-hybridized carbons (Fsp3) is 0.783. The van der Waals surface area contributed by atoms with E-state index in [4.69, 9.17) is 15.0 Å². The van der Waals surface area contributed by atoms with Crippen LogP contribution >= 0.6 is 15.6 Å². The van der Waals surface area contributed by atoms with Gasteiger partial charge < -0.3 is 51.3 Å². The molecule has 2 aliphatic heterocycles. The van der Waals surface area contributed by atoms with Crippen molar-refractivity contribution in [3.63, 3.8) is 0 Å². The lowest BCUT2D eigenvalue weighted by molar-refractivity contribution is -0.676. The van der Waals surface area contributed by atoms with E-state index in [1.165, 1.54) is 22.6 Å². The maximum atomic E-state index is 12.4. The summed E-state index contributed by atoms with van der Waals surface area (Å²) in [5, 5.41) is 45.6. The molecule has 21 heteroatoms. The van der Waals surface area contributed by atoms with E-state index in [2.05, 4.69) is 36.0 Å². The molecule has 19 nitrogen and oxygen atoms in total. The van der Waals surface area contributed by atoms with E-state index in [1.807, 2.05) is 0 Å². The Kier molecular flexibility index (Phi) is 12.1. The van der Waals surface area contributed by atoms with Gasteiger partial charge in [0.25, 0.3) is 0 Å². The summed E-state index contributed by atoms with van der Waals surface area (Å²) in [5.41, 5.74) is 6.42. The average Bonchev–Trinajstić information content (AvgIpc) is 3.59. The molecule has 0 spiro atoms. The third-order valence-electron chi connectivity index (χ3n) is 7.46. The SMILES string of the molecule is CCCCCCCCNc1nc2c(N)ncnc2n1[C@@H]1O[C@H](COP(=O)(O)OP(=O)(O)OC[C@H]2[NH2+]C[C@H](O)[C@@H]2O)[C@@H](O)[C@H]1O. The lowest BCUT2D eigenvalue weighted by atomic mass is 10.1. The number of nitrogen functional groups attached to an aromatic ring is 1. The molecule has 2 fully saturated rings. The Labute approximate surface area is 253 Å². The molecule has 0 saturated carbocycles. The van der Waals surface area contributed by atoms with Crippen molar-refractivity contribution in [2.24, 2.45) is 0 Å². The summed E-state index contributed by atoms with van der Waals surface area (Å²) < 4.78 is 45.7. The highest BCUT2D eigenvalue weighted by atomic mass is 31.3. The third-order valence-corrected chi connectivity index (χ3v) is 10.1. The van der Waals surface area contributed by atoms with Crippen molar-refractivity contribution >= 4 is 38.6 Å². The summed E-state index contributed by atoms with van der Waals surface area (Å²) >= 11 is 0. The van der Waals surface area contributed by atoms with Crippen LogP contribution in [0.3, 0.4) is 0 Å². The van der Waals surface area contributed by atoms with E-state index in [1.54, 1.807) is 0 Å². The van der Waals surface area contributed by atoms with E-state index in [9.17, 15) is 39.3 Å². The molecular formula is C23H42N7O12P2+. The van der Waals surface area contributed by atoms with Crippen LogP contribution in [0.2, 0.25) is 0 Å². The van der Waals surface area contributed by atoms with Crippen LogP contribution in [0.4, 0.5) is 11.8 Å². The Morgan fingerprint density at radius 3 is 2.39 bits per heavy atom. The highest BCUT2D eigenvalue weighted by molar-refractivity contribution is 7.61. The summed E-state index contributed by atoms with van der Waals surface area (Å²) in [6.07, 6.45) is -0.622. The number of phosphoric ester groups is 2. The highest BCUT2D eigenvalue weighted by Crippen LogP contribution is 2.60. The van der Waals surface area contributed by atoms with Gasteiger partial charge >= 0.3 is 15.6 Å². The second kappa shape index (κ2) is 15.2. The van der Waals surface area contributed by atoms with Crippen LogP contribution in [-0.4, -0.2) is 113 Å². The van der Waals surface area contributed by atoms with Crippen molar-refractivity contribution in [2.45, 2.75) is 88.2 Å². The van der Waals surface area contributed by atoms with Gasteiger partial charge in [-0.25, -0.2) is 24.1 Å². The number of fused-ring (bicyclic) bond motifs is 1. The van der Waals surface area contributed by atoms with E-state index >= 15 is 0 Å². The molecule has 0 aromatic carbocycles. The van der Waals surface area contributed by atoms with E-state index in [-0.39, 0.29) is 29.5 Å². The number of rotatable bonds is 17. The molecule has 4 heterocycles. The first kappa shape index (κ1) is 35.0. The number of hydrogen-bond acceptors (Lipinski definition) is 15. The van der Waals surface area contributed by atoms with Crippen LogP contribution in [0.15, 0.2) is 6.33 Å². The number of anilines is 2. The van der Waals surface area contributed by atoms with Crippen LogP contribution < -0.4 is 16.4 Å². The van der Waals surface area contributed by atoms with Crippen LogP contribution in [0.5, 0.6) is 0 Å². The zero-order valence-electron chi connectivity index (χ0n) is 24.2. The molecule has 2 aromatic rings. The van der Waals surface area contributed by atoms with Crippen molar-refractivity contribution < 1.29 is 62.8 Å². The quantitative estimate of drug-likeness (QED) is 0.0699. The molecule has 0 radical (unpaired) electrons. The maximum absolute atomic E-state index is 12.4. The fourth-order valence-corrected chi connectivity index (χ4v) is 7.16. The van der Waals surface area contributed by atoms with Crippen molar-refractivity contribution in [3.05, 3.63) is 6.33 Å². The number of unbranched alkanes of at least 4 members (excludes halogenated alkanes) is 5. The number of hydrogen-bond donors (Lipinski definition) is 9. The number of phosphoric acid groups is 2. The van der Waals surface area contributed by atoms with Crippen molar-refractivity contribution in [1.82, 2.24) is 19.5 Å². The second-order valence-corrected chi connectivity index (χ2v) is 13.8. The summed E-state index contributed by atoms with van der Waals surface area (Å²) in [6.45, 7) is 1.40. The number of aliphatic hydroxyl groups is 4.